The molecule has 0 unspecified atom stereocenters. The van der Waals surface area contributed by atoms with Crippen molar-refractivity contribution in [2.75, 3.05) is 0 Å². The summed E-state index contributed by atoms with van der Waals surface area (Å²) in [6.07, 6.45) is 17.6. The van der Waals surface area contributed by atoms with Crippen molar-refractivity contribution in [1.29, 1.82) is 0 Å². The van der Waals surface area contributed by atoms with Crippen molar-refractivity contribution < 1.29 is 0 Å². The summed E-state index contributed by atoms with van der Waals surface area (Å²) in [5, 5.41) is 0. The van der Waals surface area contributed by atoms with Gasteiger partial charge in [0.2, 0.25) is 0 Å². The molecule has 0 fully saturated rings. The average molecular weight is 399 g/mol. The minimum absolute atomic E-state index is 0.0870. The van der Waals surface area contributed by atoms with Gasteiger partial charge >= 0.3 is 107 Å². The number of hydrogen-bond acceptors (Lipinski definition) is 0. The fourth-order valence-corrected chi connectivity index (χ4v) is 4.67. The molecule has 0 atom stereocenters. The first kappa shape index (κ1) is 17.3. The van der Waals surface area contributed by atoms with Gasteiger partial charge in [0.1, 0.15) is 0 Å². The zero-order valence-electron chi connectivity index (χ0n) is 11.0. The Kier molecular flexibility index (Phi) is 17.6. The SMILES string of the molecule is CCCCCCCCCCCCC[CH2][Sb][Br]. The maximum absolute atomic E-state index is 3.63. The minimum atomic E-state index is 0.0870. The zero-order chi connectivity index (χ0) is 11.9. The maximum atomic E-state index is 3.63. The molecule has 0 spiro atoms. The van der Waals surface area contributed by atoms with Crippen LogP contribution >= 0.6 is 12.6 Å². The second kappa shape index (κ2) is 16.3. The molecule has 0 saturated heterocycles. The molecule has 16 heavy (non-hydrogen) atoms. The quantitative estimate of drug-likeness (QED) is 0.259. The van der Waals surface area contributed by atoms with E-state index in [0.29, 0.717) is 0 Å². The molecule has 0 aromatic carbocycles. The molecule has 1 radical (unpaired) electrons. The van der Waals surface area contributed by atoms with Gasteiger partial charge < -0.3 is 0 Å². The predicted octanol–water partition coefficient (Wildman–Crippen LogP) is 6.12. The first-order valence-electron chi connectivity index (χ1n) is 7.19. The average Bonchev–Trinajstić information content (AvgIpc) is 2.31. The van der Waals surface area contributed by atoms with Gasteiger partial charge in [-0.3, -0.25) is 0 Å². The molecule has 0 aliphatic heterocycles. The predicted molar refractivity (Wildman–Crippen MR) is 80.6 cm³/mol. The second-order valence-electron chi connectivity index (χ2n) is 4.73. The summed E-state index contributed by atoms with van der Waals surface area (Å²) in [4.78, 5) is 0. The van der Waals surface area contributed by atoms with Crippen LogP contribution in [0.5, 0.6) is 0 Å². The number of halogens is 1. The van der Waals surface area contributed by atoms with Crippen molar-refractivity contribution in [2.45, 2.75) is 88.3 Å². The van der Waals surface area contributed by atoms with Gasteiger partial charge in [0.15, 0.2) is 0 Å². The van der Waals surface area contributed by atoms with Crippen LogP contribution in [0.25, 0.3) is 0 Å². The van der Waals surface area contributed by atoms with Crippen molar-refractivity contribution in [2.24, 2.45) is 0 Å². The van der Waals surface area contributed by atoms with Gasteiger partial charge in [-0.15, -0.1) is 0 Å². The molecule has 0 rings (SSSR count). The molecular weight excluding hydrogens is 370 g/mol. The fraction of sp³-hybridized carbons (Fsp3) is 1.00. The van der Waals surface area contributed by atoms with Gasteiger partial charge in [-0.2, -0.15) is 0 Å². The van der Waals surface area contributed by atoms with Gasteiger partial charge in [-0.1, -0.05) is 13.3 Å². The Balaban J connectivity index is 2.83. The van der Waals surface area contributed by atoms with Crippen LogP contribution in [-0.2, 0) is 0 Å². The van der Waals surface area contributed by atoms with Crippen LogP contribution in [-0.4, -0.2) is 19.4 Å². The summed E-state index contributed by atoms with van der Waals surface area (Å²) in [7, 11) is 0. The summed E-state index contributed by atoms with van der Waals surface area (Å²) in [6.45, 7) is 2.29. The Bertz CT molecular complexity index is 103. The Hall–Kier alpha value is 1.30. The van der Waals surface area contributed by atoms with E-state index in [1.54, 1.807) is 0 Å². The van der Waals surface area contributed by atoms with Crippen LogP contribution in [0, 0.1) is 0 Å². The first-order chi connectivity index (χ1) is 7.91. The first-order valence-corrected chi connectivity index (χ1v) is 14.7. The fourth-order valence-electron chi connectivity index (χ4n) is 2.01. The van der Waals surface area contributed by atoms with Crippen molar-refractivity contribution in [3.63, 3.8) is 0 Å². The van der Waals surface area contributed by atoms with E-state index in [-0.39, 0.29) is 19.4 Å². The molecule has 0 amide bonds. The molecule has 0 bridgehead atoms. The Morgan fingerprint density at radius 3 is 1.38 bits per heavy atom. The van der Waals surface area contributed by atoms with E-state index in [0.717, 1.165) is 0 Å². The van der Waals surface area contributed by atoms with Gasteiger partial charge in [0.25, 0.3) is 0 Å². The normalized spacial score (nSPS) is 10.9. The van der Waals surface area contributed by atoms with Gasteiger partial charge in [0, 0.05) is 0 Å². The van der Waals surface area contributed by atoms with Crippen LogP contribution < -0.4 is 0 Å². The molecule has 2 heteroatoms. The number of hydrogen-bond donors (Lipinski definition) is 0. The van der Waals surface area contributed by atoms with Crippen LogP contribution in [0.3, 0.4) is 0 Å². The molecule has 0 aromatic rings. The monoisotopic (exact) mass is 397 g/mol. The molecule has 0 aliphatic rings. The van der Waals surface area contributed by atoms with E-state index >= 15 is 0 Å². The Labute approximate surface area is 120 Å². The molecule has 0 aromatic heterocycles. The van der Waals surface area contributed by atoms with Gasteiger partial charge in [-0.05, 0) is 0 Å². The van der Waals surface area contributed by atoms with Gasteiger partial charge in [0.05, 0.1) is 0 Å². The van der Waals surface area contributed by atoms with Crippen LogP contribution in [0.4, 0.5) is 0 Å². The standard InChI is InChI=1S/C14H29.BrH.Sb/c1-3-5-7-9-11-13-14-12-10-8-6-4-2;;/h1,3-14H2,2H3;1H;/q;;+1/p-1. The second-order valence-corrected chi connectivity index (χ2v) is 10.1. The summed E-state index contributed by atoms with van der Waals surface area (Å²) in [6, 6.07) is 0. The molecule has 0 heterocycles. The van der Waals surface area contributed by atoms with Crippen molar-refractivity contribution >= 4 is 32.0 Å². The van der Waals surface area contributed by atoms with E-state index in [4.69, 9.17) is 0 Å². The number of unbranched alkanes of at least 4 members (excludes halogenated alkanes) is 11. The van der Waals surface area contributed by atoms with Crippen molar-refractivity contribution in [3.8, 4) is 0 Å². The summed E-state index contributed by atoms with van der Waals surface area (Å²) >= 11 is 3.72. The summed E-state index contributed by atoms with van der Waals surface area (Å²) in [5.41, 5.74) is 0. The third-order valence-electron chi connectivity index (χ3n) is 3.10. The van der Waals surface area contributed by atoms with E-state index in [9.17, 15) is 0 Å². The number of rotatable bonds is 13. The zero-order valence-corrected chi connectivity index (χ0v) is 15.2. The van der Waals surface area contributed by atoms with E-state index in [1.165, 1.54) is 81.4 Å². The Morgan fingerprint density at radius 1 is 0.625 bits per heavy atom. The Morgan fingerprint density at radius 2 is 1.00 bits per heavy atom. The molecule has 0 aliphatic carbocycles. The van der Waals surface area contributed by atoms with Crippen molar-refractivity contribution in [1.82, 2.24) is 0 Å². The molecule has 0 nitrogen and oxygen atoms in total. The molecular formula is C14H29BrSb. The van der Waals surface area contributed by atoms with Crippen LogP contribution in [0.1, 0.15) is 84.0 Å². The van der Waals surface area contributed by atoms with E-state index in [1.807, 2.05) is 0 Å². The van der Waals surface area contributed by atoms with E-state index < -0.39 is 0 Å². The van der Waals surface area contributed by atoms with Crippen molar-refractivity contribution in [3.05, 3.63) is 0 Å². The summed E-state index contributed by atoms with van der Waals surface area (Å²) in [5.74, 6) is 0. The molecule has 97 valence electrons. The third-order valence-corrected chi connectivity index (χ3v) is 6.86. The van der Waals surface area contributed by atoms with E-state index in [2.05, 4.69) is 19.5 Å². The van der Waals surface area contributed by atoms with Crippen LogP contribution in [0.2, 0.25) is 4.37 Å². The molecule has 0 saturated carbocycles. The van der Waals surface area contributed by atoms with Gasteiger partial charge in [-0.25, -0.2) is 0 Å². The third kappa shape index (κ3) is 15.3. The molecule has 0 N–H and O–H groups in total. The van der Waals surface area contributed by atoms with Crippen LogP contribution in [0.15, 0.2) is 0 Å². The topological polar surface area (TPSA) is 0 Å². The summed E-state index contributed by atoms with van der Waals surface area (Å²) < 4.78 is 1.51.